The van der Waals surface area contributed by atoms with Gasteiger partial charge in [0.05, 0.1) is 24.5 Å². The first-order chi connectivity index (χ1) is 18.3. The molecule has 0 radical (unpaired) electrons. The van der Waals surface area contributed by atoms with Gasteiger partial charge < -0.3 is 14.6 Å². The number of anilines is 1. The van der Waals surface area contributed by atoms with Crippen LogP contribution in [0.5, 0.6) is 5.75 Å². The van der Waals surface area contributed by atoms with Crippen molar-refractivity contribution in [3.05, 3.63) is 81.6 Å². The van der Waals surface area contributed by atoms with Crippen LogP contribution in [0.15, 0.2) is 54.1 Å². The van der Waals surface area contributed by atoms with Crippen LogP contribution < -0.4 is 9.64 Å². The van der Waals surface area contributed by atoms with Gasteiger partial charge in [-0.25, -0.2) is 14.2 Å². The number of nitrogens with zero attached hydrogens (tertiary/aromatic N) is 2. The largest absolute Gasteiger partial charge is 0.507 e. The Morgan fingerprint density at radius 1 is 1.13 bits per heavy atom. The zero-order valence-corrected chi connectivity index (χ0v) is 22.0. The molecule has 0 bridgehead atoms. The topological polar surface area (TPSA) is 106 Å². The van der Waals surface area contributed by atoms with Crippen LogP contribution >= 0.6 is 11.3 Å². The van der Waals surface area contributed by atoms with E-state index in [4.69, 9.17) is 9.47 Å². The molecule has 38 heavy (non-hydrogen) atoms. The van der Waals surface area contributed by atoms with Crippen molar-refractivity contribution in [3.63, 3.8) is 0 Å². The highest BCUT2D eigenvalue weighted by Crippen LogP contribution is 2.44. The van der Waals surface area contributed by atoms with Gasteiger partial charge in [-0.2, -0.15) is 0 Å². The van der Waals surface area contributed by atoms with E-state index in [2.05, 4.69) is 11.9 Å². The van der Waals surface area contributed by atoms with Crippen LogP contribution in [0.3, 0.4) is 0 Å². The maximum atomic E-state index is 15.1. The Kier molecular flexibility index (Phi) is 8.21. The summed E-state index contributed by atoms with van der Waals surface area (Å²) in [7, 11) is 0. The molecule has 0 spiro atoms. The Morgan fingerprint density at radius 2 is 1.84 bits per heavy atom. The lowest BCUT2D eigenvalue weighted by Crippen LogP contribution is -2.29. The van der Waals surface area contributed by atoms with E-state index in [1.807, 2.05) is 0 Å². The SMILES string of the molecule is CCCCOc1ccc(C(O)=C2C(=O)C(=O)N(c3nc(C)c(C(=O)OCC)s3)[C@H]2c2ccccc2F)cc1. The van der Waals surface area contributed by atoms with Crippen molar-refractivity contribution in [2.24, 2.45) is 0 Å². The Morgan fingerprint density at radius 3 is 2.50 bits per heavy atom. The van der Waals surface area contributed by atoms with Gasteiger partial charge in [0, 0.05) is 11.1 Å². The van der Waals surface area contributed by atoms with Gasteiger partial charge in [-0.05, 0) is 50.6 Å². The second-order valence-electron chi connectivity index (χ2n) is 8.55. The zero-order chi connectivity index (χ0) is 27.4. The van der Waals surface area contributed by atoms with Crippen LogP contribution in [-0.2, 0) is 14.3 Å². The minimum atomic E-state index is -1.31. The molecule has 1 amide bonds. The van der Waals surface area contributed by atoms with Crippen molar-refractivity contribution >= 4 is 39.9 Å². The average Bonchev–Trinajstić information content (AvgIpc) is 3.41. The summed E-state index contributed by atoms with van der Waals surface area (Å²) < 4.78 is 25.8. The van der Waals surface area contributed by atoms with E-state index < -0.39 is 35.3 Å². The van der Waals surface area contributed by atoms with Gasteiger partial charge in [-0.3, -0.25) is 14.5 Å². The molecule has 0 saturated carbocycles. The highest BCUT2D eigenvalue weighted by atomic mass is 32.1. The molecule has 2 aromatic carbocycles. The molecule has 0 aliphatic carbocycles. The number of aryl methyl sites for hydroxylation is 1. The molecule has 8 nitrogen and oxygen atoms in total. The predicted molar refractivity (Wildman–Crippen MR) is 141 cm³/mol. The van der Waals surface area contributed by atoms with Crippen molar-refractivity contribution in [1.82, 2.24) is 4.98 Å². The maximum Gasteiger partial charge on any atom is 0.350 e. The quantitative estimate of drug-likeness (QED) is 0.125. The number of hydrogen-bond acceptors (Lipinski definition) is 8. The lowest BCUT2D eigenvalue weighted by atomic mass is 9.95. The summed E-state index contributed by atoms with van der Waals surface area (Å²) in [6.07, 6.45) is 1.87. The molecule has 1 saturated heterocycles. The van der Waals surface area contributed by atoms with Crippen LogP contribution in [0.25, 0.3) is 5.76 Å². The monoisotopic (exact) mass is 538 g/mol. The van der Waals surface area contributed by atoms with Gasteiger partial charge in [-0.15, -0.1) is 0 Å². The van der Waals surface area contributed by atoms with E-state index in [0.717, 1.165) is 29.1 Å². The number of halogens is 1. The zero-order valence-electron chi connectivity index (χ0n) is 21.2. The first kappa shape index (κ1) is 27.0. The molecule has 1 aliphatic rings. The number of unbranched alkanes of at least 4 members (excludes halogenated alkanes) is 1. The summed E-state index contributed by atoms with van der Waals surface area (Å²) in [6.45, 7) is 5.98. The maximum absolute atomic E-state index is 15.1. The van der Waals surface area contributed by atoms with E-state index >= 15 is 4.39 Å². The highest BCUT2D eigenvalue weighted by Gasteiger charge is 2.49. The second-order valence-corrected chi connectivity index (χ2v) is 9.53. The van der Waals surface area contributed by atoms with Gasteiger partial charge >= 0.3 is 11.9 Å². The number of ketones is 1. The van der Waals surface area contributed by atoms with Gasteiger partial charge in [-0.1, -0.05) is 42.9 Å². The molecular weight excluding hydrogens is 511 g/mol. The first-order valence-corrected chi connectivity index (χ1v) is 13.0. The second kappa shape index (κ2) is 11.6. The molecule has 2 heterocycles. The van der Waals surface area contributed by atoms with Crippen LogP contribution in [-0.4, -0.2) is 41.0 Å². The number of aliphatic hydroxyl groups excluding tert-OH is 1. The minimum Gasteiger partial charge on any atom is -0.507 e. The number of amides is 1. The number of Topliss-reactive ketones (excluding diaryl/α,β-unsaturated/α-hetero) is 1. The number of hydrogen-bond donors (Lipinski definition) is 1. The molecule has 0 unspecified atom stereocenters. The number of rotatable bonds is 9. The Balaban J connectivity index is 1.82. The van der Waals surface area contributed by atoms with Crippen LogP contribution in [0, 0.1) is 12.7 Å². The number of esters is 1. The van der Waals surface area contributed by atoms with Gasteiger partial charge in [0.1, 0.15) is 28.2 Å². The molecular formula is C28H27FN2O6S. The van der Waals surface area contributed by atoms with E-state index in [-0.39, 0.29) is 33.3 Å². The molecule has 1 atom stereocenters. The molecule has 10 heteroatoms. The van der Waals surface area contributed by atoms with Gasteiger partial charge in [0.15, 0.2) is 5.13 Å². The van der Waals surface area contributed by atoms with Gasteiger partial charge in [0.2, 0.25) is 0 Å². The molecule has 1 N–H and O–H groups in total. The fraction of sp³-hybridized carbons (Fsp3) is 0.286. The molecule has 1 aliphatic heterocycles. The lowest BCUT2D eigenvalue weighted by molar-refractivity contribution is -0.132. The van der Waals surface area contributed by atoms with Crippen LogP contribution in [0.4, 0.5) is 9.52 Å². The number of carbonyl (C=O) groups excluding carboxylic acids is 3. The van der Waals surface area contributed by atoms with E-state index in [0.29, 0.717) is 18.1 Å². The Bertz CT molecular complexity index is 1400. The third-order valence-corrected chi connectivity index (χ3v) is 7.13. The number of aromatic nitrogens is 1. The van der Waals surface area contributed by atoms with Crippen molar-refractivity contribution in [2.75, 3.05) is 18.1 Å². The van der Waals surface area contributed by atoms with E-state index in [9.17, 15) is 19.5 Å². The van der Waals surface area contributed by atoms with E-state index in [1.54, 1.807) is 44.2 Å². The molecule has 1 fully saturated rings. The van der Waals surface area contributed by atoms with Crippen molar-refractivity contribution < 1.29 is 33.4 Å². The number of thiazole rings is 1. The number of benzene rings is 2. The third kappa shape index (κ3) is 5.17. The lowest BCUT2D eigenvalue weighted by Gasteiger charge is -2.23. The summed E-state index contributed by atoms with van der Waals surface area (Å²) in [5, 5.41) is 11.3. The summed E-state index contributed by atoms with van der Waals surface area (Å²) in [5.74, 6) is -3.15. The summed E-state index contributed by atoms with van der Waals surface area (Å²) in [6, 6.07) is 10.8. The molecule has 3 aromatic rings. The Labute approximate surface area is 223 Å². The fourth-order valence-electron chi connectivity index (χ4n) is 4.09. The van der Waals surface area contributed by atoms with Crippen molar-refractivity contribution in [1.29, 1.82) is 0 Å². The summed E-state index contributed by atoms with van der Waals surface area (Å²) >= 11 is 0.860. The third-order valence-electron chi connectivity index (χ3n) is 5.99. The molecule has 198 valence electrons. The van der Waals surface area contributed by atoms with Gasteiger partial charge in [0.25, 0.3) is 5.78 Å². The van der Waals surface area contributed by atoms with Crippen LogP contribution in [0.2, 0.25) is 0 Å². The molecule has 4 rings (SSSR count). The first-order valence-electron chi connectivity index (χ1n) is 12.2. The highest BCUT2D eigenvalue weighted by molar-refractivity contribution is 7.17. The fourth-order valence-corrected chi connectivity index (χ4v) is 5.08. The standard InChI is InChI=1S/C28H27FN2O6S/c1-4-6-15-37-18-13-11-17(12-14-18)23(32)21-22(19-9-7-8-10-20(19)29)31(26(34)24(21)33)28-30-16(3)25(38-28)27(35)36-5-2/h7-14,22,32H,4-6,15H2,1-3H3/t22-/m0/s1. The van der Waals surface area contributed by atoms with Crippen molar-refractivity contribution in [2.45, 2.75) is 39.7 Å². The summed E-state index contributed by atoms with van der Waals surface area (Å²) in [5.41, 5.74) is 0.273. The normalized spacial score (nSPS) is 16.6. The number of carbonyl (C=O) groups is 3. The number of ether oxygens (including phenoxy) is 2. The van der Waals surface area contributed by atoms with E-state index in [1.165, 1.54) is 18.2 Å². The van der Waals surface area contributed by atoms with Crippen LogP contribution in [0.1, 0.15) is 59.2 Å². The smallest absolute Gasteiger partial charge is 0.350 e. The number of aliphatic hydroxyl groups is 1. The Hall–Kier alpha value is -4.05. The predicted octanol–water partition coefficient (Wildman–Crippen LogP) is 5.57. The van der Waals surface area contributed by atoms with Crippen molar-refractivity contribution in [3.8, 4) is 5.75 Å². The molecule has 1 aromatic heterocycles. The average molecular weight is 539 g/mol. The minimum absolute atomic E-state index is 0.00157. The summed E-state index contributed by atoms with van der Waals surface area (Å²) in [4.78, 5) is 44.5.